The number of ether oxygens (including phenoxy) is 3. The van der Waals surface area contributed by atoms with E-state index < -0.39 is 11.8 Å². The van der Waals surface area contributed by atoms with E-state index in [0.29, 0.717) is 45.0 Å². The third-order valence-electron chi connectivity index (χ3n) is 6.21. The summed E-state index contributed by atoms with van der Waals surface area (Å²) in [5.41, 5.74) is 2.30. The Kier molecular flexibility index (Phi) is 12.9. The van der Waals surface area contributed by atoms with Crippen molar-refractivity contribution in [3.05, 3.63) is 76.9 Å². The Labute approximate surface area is 288 Å². The predicted octanol–water partition coefficient (Wildman–Crippen LogP) is 3.41. The first-order valence-corrected chi connectivity index (χ1v) is 15.9. The van der Waals surface area contributed by atoms with E-state index >= 15 is 0 Å². The zero-order valence-corrected chi connectivity index (χ0v) is 29.9. The van der Waals surface area contributed by atoms with Crippen molar-refractivity contribution < 1.29 is 58.5 Å². The molecule has 0 amide bonds. The summed E-state index contributed by atoms with van der Waals surface area (Å²) in [7, 11) is 0. The number of hydrogen-bond donors (Lipinski definition) is 0. The molecule has 0 saturated heterocycles. The fourth-order valence-corrected chi connectivity index (χ4v) is 5.45. The van der Waals surface area contributed by atoms with E-state index in [1.807, 2.05) is 59.9 Å². The molecule has 44 heavy (non-hydrogen) atoms. The molecule has 0 fully saturated rings. The number of benzene rings is 3. The van der Waals surface area contributed by atoms with Gasteiger partial charge in [0.2, 0.25) is 5.75 Å². The largest absolute Gasteiger partial charge is 1.00 e. The molecule has 3 aromatic carbocycles. The van der Waals surface area contributed by atoms with Gasteiger partial charge in [-0.1, -0.05) is 6.07 Å². The fourth-order valence-electron chi connectivity index (χ4n) is 4.52. The van der Waals surface area contributed by atoms with Gasteiger partial charge in [0.15, 0.2) is 17.3 Å². The van der Waals surface area contributed by atoms with Gasteiger partial charge in [-0.05, 0) is 107 Å². The van der Waals surface area contributed by atoms with Gasteiger partial charge in [-0.3, -0.25) is 4.79 Å². The average Bonchev–Trinajstić information content (AvgIpc) is 3.41. The van der Waals surface area contributed by atoms with E-state index in [1.54, 1.807) is 54.2 Å². The van der Waals surface area contributed by atoms with Crippen molar-refractivity contribution in [3.63, 3.8) is 0 Å². The number of carboxylic acids is 1. The van der Waals surface area contributed by atoms with E-state index in [9.17, 15) is 14.7 Å². The van der Waals surface area contributed by atoms with Gasteiger partial charge in [0, 0.05) is 28.0 Å². The number of Topliss-reactive ketones (excluding diaryl/α,β-unsaturated/α-hetero) is 1. The van der Waals surface area contributed by atoms with Crippen molar-refractivity contribution in [2.45, 2.75) is 71.2 Å². The zero-order chi connectivity index (χ0) is 31.3. The second-order valence-corrected chi connectivity index (χ2v) is 12.2. The molecule has 0 unspecified atom stereocenters. The molecule has 0 radical (unpaired) electrons. The Morgan fingerprint density at radius 2 is 1.34 bits per heavy atom. The maximum atomic E-state index is 14.2. The standard InChI is InChI=1S/C33H36N2O6S2.Na/c1-18(2)39-28-15-21(16-29(40-19(3)4)32(28)41-20(5)6)14-25(31(36)22-8-11-24(42-7)12-9-22)30(33(37)38)23-10-13-26-27(17-23)35-43-34-26;/h8-13,15-20H,14H2,1-7H3,(H,37,38);/q;+1/p-1. The van der Waals surface area contributed by atoms with Gasteiger partial charge in [-0.15, -0.1) is 11.8 Å². The van der Waals surface area contributed by atoms with E-state index in [4.69, 9.17) is 14.2 Å². The number of hydrogen-bond acceptors (Lipinski definition) is 10. The van der Waals surface area contributed by atoms with Gasteiger partial charge in [0.05, 0.1) is 36.0 Å². The van der Waals surface area contributed by atoms with Gasteiger partial charge in [0.25, 0.3) is 0 Å². The van der Waals surface area contributed by atoms with Gasteiger partial charge < -0.3 is 24.1 Å². The molecule has 0 saturated carbocycles. The van der Waals surface area contributed by atoms with Gasteiger partial charge in [-0.2, -0.15) is 8.75 Å². The van der Waals surface area contributed by atoms with E-state index in [0.717, 1.165) is 16.6 Å². The fraction of sp³-hybridized carbons (Fsp3) is 0.333. The van der Waals surface area contributed by atoms with E-state index in [-0.39, 0.29) is 65.4 Å². The van der Waals surface area contributed by atoms with Gasteiger partial charge in [0.1, 0.15) is 11.0 Å². The molecule has 0 aliphatic carbocycles. The van der Waals surface area contributed by atoms with Crippen LogP contribution in [0.4, 0.5) is 0 Å². The molecule has 0 bridgehead atoms. The summed E-state index contributed by atoms with van der Waals surface area (Å²) in [6.07, 6.45) is 1.39. The Morgan fingerprint density at radius 3 is 1.86 bits per heavy atom. The quantitative estimate of drug-likeness (QED) is 0.0938. The normalized spacial score (nSPS) is 11.9. The zero-order valence-electron chi connectivity index (χ0n) is 26.3. The van der Waals surface area contributed by atoms with Crippen molar-refractivity contribution in [1.82, 2.24) is 8.75 Å². The topological polar surface area (TPSA) is 111 Å². The maximum absolute atomic E-state index is 14.2. The SMILES string of the molecule is CSc1ccc(C(=O)C(Cc2cc(OC(C)C)c(OC(C)C)c(OC(C)C)c2)=C(C(=O)[O-])c2ccc3nsnc3c2)cc1.[Na+]. The Balaban J connectivity index is 0.00000529. The molecule has 0 spiro atoms. The first-order chi connectivity index (χ1) is 20.5. The summed E-state index contributed by atoms with van der Waals surface area (Å²) in [5.74, 6) is -0.560. The number of fused-ring (bicyclic) bond motifs is 1. The molecule has 11 heteroatoms. The monoisotopic (exact) mass is 642 g/mol. The minimum Gasteiger partial charge on any atom is -0.545 e. The Morgan fingerprint density at radius 1 is 0.795 bits per heavy atom. The maximum Gasteiger partial charge on any atom is 1.00 e. The number of thioether (sulfide) groups is 1. The van der Waals surface area contributed by atoms with Crippen LogP contribution in [-0.4, -0.2) is 45.1 Å². The van der Waals surface area contributed by atoms with Crippen molar-refractivity contribution in [2.75, 3.05) is 6.26 Å². The summed E-state index contributed by atoms with van der Waals surface area (Å²) in [6, 6.07) is 15.6. The molecule has 0 aliphatic heterocycles. The van der Waals surface area contributed by atoms with Crippen LogP contribution in [0.2, 0.25) is 0 Å². The molecular formula is C33H35N2NaO6S2. The van der Waals surface area contributed by atoms with Crippen LogP contribution in [-0.2, 0) is 11.2 Å². The summed E-state index contributed by atoms with van der Waals surface area (Å²) in [6.45, 7) is 11.4. The van der Waals surface area contributed by atoms with Crippen molar-refractivity contribution in [2.24, 2.45) is 0 Å². The van der Waals surface area contributed by atoms with Crippen molar-refractivity contribution in [1.29, 1.82) is 0 Å². The second-order valence-electron chi connectivity index (χ2n) is 10.8. The minimum absolute atomic E-state index is 0. The molecule has 4 rings (SSSR count). The van der Waals surface area contributed by atoms with Crippen LogP contribution in [0.15, 0.2) is 65.1 Å². The molecule has 1 aromatic heterocycles. The van der Waals surface area contributed by atoms with Crippen LogP contribution in [0, 0.1) is 0 Å². The van der Waals surface area contributed by atoms with Crippen LogP contribution in [0.5, 0.6) is 17.2 Å². The van der Waals surface area contributed by atoms with Gasteiger partial charge in [-0.25, -0.2) is 0 Å². The molecule has 0 aliphatic rings. The number of nitrogens with zero attached hydrogens (tertiary/aromatic N) is 2. The molecule has 0 atom stereocenters. The van der Waals surface area contributed by atoms with Crippen LogP contribution in [0.1, 0.15) is 63.0 Å². The summed E-state index contributed by atoms with van der Waals surface area (Å²) in [4.78, 5) is 27.9. The summed E-state index contributed by atoms with van der Waals surface area (Å²) < 4.78 is 26.9. The molecule has 226 valence electrons. The van der Waals surface area contributed by atoms with Crippen molar-refractivity contribution in [3.8, 4) is 17.2 Å². The molecule has 8 nitrogen and oxygen atoms in total. The molecular weight excluding hydrogens is 607 g/mol. The number of carbonyl (C=O) groups is 2. The number of aromatic nitrogens is 2. The number of carbonyl (C=O) groups excluding carboxylic acids is 2. The molecule has 0 N–H and O–H groups in total. The second kappa shape index (κ2) is 15.9. The Bertz CT molecular complexity index is 1620. The summed E-state index contributed by atoms with van der Waals surface area (Å²) in [5, 5.41) is 12.8. The van der Waals surface area contributed by atoms with Gasteiger partial charge >= 0.3 is 29.6 Å². The molecule has 4 aromatic rings. The van der Waals surface area contributed by atoms with Crippen LogP contribution >= 0.6 is 23.5 Å². The predicted molar refractivity (Wildman–Crippen MR) is 169 cm³/mol. The first-order valence-electron chi connectivity index (χ1n) is 14.0. The third-order valence-corrected chi connectivity index (χ3v) is 7.52. The van der Waals surface area contributed by atoms with Crippen LogP contribution in [0.25, 0.3) is 16.6 Å². The van der Waals surface area contributed by atoms with E-state index in [2.05, 4.69) is 8.75 Å². The smallest absolute Gasteiger partial charge is 0.545 e. The first kappa shape index (κ1) is 35.6. The number of rotatable bonds is 13. The van der Waals surface area contributed by atoms with Crippen molar-refractivity contribution >= 4 is 51.8 Å². The number of carboxylic acid groups (broad SMARTS) is 1. The van der Waals surface area contributed by atoms with Crippen LogP contribution < -0.4 is 48.9 Å². The summed E-state index contributed by atoms with van der Waals surface area (Å²) >= 11 is 2.58. The minimum atomic E-state index is -1.47. The number of allylic oxidation sites excluding steroid dienone is 1. The molecule has 1 heterocycles. The third kappa shape index (κ3) is 8.85. The Hall–Kier alpha value is -2.89. The van der Waals surface area contributed by atoms with E-state index in [1.165, 1.54) is 0 Å². The average molecular weight is 643 g/mol. The number of ketones is 1. The van der Waals surface area contributed by atoms with Crippen LogP contribution in [0.3, 0.4) is 0 Å². The number of aliphatic carboxylic acids is 1.